The molecular formula is C11H15N3S. The van der Waals surface area contributed by atoms with Gasteiger partial charge >= 0.3 is 0 Å². The van der Waals surface area contributed by atoms with Crippen molar-refractivity contribution in [3.8, 4) is 6.07 Å². The molecule has 0 spiro atoms. The van der Waals surface area contributed by atoms with Crippen molar-refractivity contribution in [2.75, 3.05) is 11.9 Å². The fraction of sp³-hybridized carbons (Fsp3) is 0.636. The maximum atomic E-state index is 8.95. The molecule has 15 heavy (non-hydrogen) atoms. The predicted molar refractivity (Wildman–Crippen MR) is 61.9 cm³/mol. The zero-order chi connectivity index (χ0) is 10.8. The standard InChI is InChI=1S/C11H15N3S/c1-7(9-3-4-9)6-13-11-10(5-12)8(2)14-15-11/h7,9,13H,3-4,6H2,1-2H3. The van der Waals surface area contributed by atoms with Crippen LogP contribution in [-0.4, -0.2) is 10.9 Å². The average molecular weight is 221 g/mol. The van der Waals surface area contributed by atoms with Crippen LogP contribution in [0.4, 0.5) is 5.00 Å². The molecule has 1 aromatic rings. The fourth-order valence-electron chi connectivity index (χ4n) is 1.71. The molecule has 0 aliphatic heterocycles. The van der Waals surface area contributed by atoms with Gasteiger partial charge in [-0.15, -0.1) is 0 Å². The lowest BCUT2D eigenvalue weighted by Crippen LogP contribution is -2.12. The van der Waals surface area contributed by atoms with Gasteiger partial charge in [-0.25, -0.2) is 0 Å². The summed E-state index contributed by atoms with van der Waals surface area (Å²) < 4.78 is 4.18. The van der Waals surface area contributed by atoms with Crippen molar-refractivity contribution >= 4 is 16.5 Å². The van der Waals surface area contributed by atoms with Gasteiger partial charge in [0, 0.05) is 6.54 Å². The molecule has 1 aliphatic carbocycles. The molecule has 1 N–H and O–H groups in total. The largest absolute Gasteiger partial charge is 0.374 e. The van der Waals surface area contributed by atoms with Gasteiger partial charge in [0.1, 0.15) is 16.6 Å². The molecule has 4 heteroatoms. The molecule has 1 aliphatic rings. The van der Waals surface area contributed by atoms with Gasteiger partial charge in [0.15, 0.2) is 0 Å². The zero-order valence-corrected chi connectivity index (χ0v) is 9.90. The van der Waals surface area contributed by atoms with Crippen LogP contribution in [0.2, 0.25) is 0 Å². The Hall–Kier alpha value is -1.08. The van der Waals surface area contributed by atoms with Crippen molar-refractivity contribution in [1.29, 1.82) is 5.26 Å². The minimum atomic E-state index is 0.707. The highest BCUT2D eigenvalue weighted by Gasteiger charge is 2.27. The van der Waals surface area contributed by atoms with Crippen LogP contribution in [0.25, 0.3) is 0 Å². The third-order valence-electron chi connectivity index (χ3n) is 2.99. The maximum absolute atomic E-state index is 8.95. The van der Waals surface area contributed by atoms with Crippen LogP contribution in [0.15, 0.2) is 0 Å². The van der Waals surface area contributed by atoms with Crippen LogP contribution < -0.4 is 5.32 Å². The van der Waals surface area contributed by atoms with E-state index >= 15 is 0 Å². The molecule has 1 heterocycles. The van der Waals surface area contributed by atoms with E-state index in [4.69, 9.17) is 5.26 Å². The first-order valence-corrected chi connectivity index (χ1v) is 6.10. The Kier molecular flexibility index (Phi) is 2.92. The van der Waals surface area contributed by atoms with Crippen LogP contribution in [0, 0.1) is 30.1 Å². The van der Waals surface area contributed by atoms with Crippen molar-refractivity contribution in [1.82, 2.24) is 4.37 Å². The molecule has 1 unspecified atom stereocenters. The van der Waals surface area contributed by atoms with E-state index in [1.165, 1.54) is 24.4 Å². The molecule has 1 saturated carbocycles. The third kappa shape index (κ3) is 2.29. The van der Waals surface area contributed by atoms with E-state index in [-0.39, 0.29) is 0 Å². The van der Waals surface area contributed by atoms with E-state index in [1.807, 2.05) is 6.92 Å². The Bertz CT molecular complexity index is 387. The van der Waals surface area contributed by atoms with Crippen molar-refractivity contribution in [3.63, 3.8) is 0 Å². The van der Waals surface area contributed by atoms with Gasteiger partial charge in [-0.1, -0.05) is 6.92 Å². The van der Waals surface area contributed by atoms with E-state index in [9.17, 15) is 0 Å². The first-order valence-electron chi connectivity index (χ1n) is 5.32. The molecule has 1 fully saturated rings. The molecule has 1 atom stereocenters. The molecule has 0 bridgehead atoms. The number of aryl methyl sites for hydroxylation is 1. The summed E-state index contributed by atoms with van der Waals surface area (Å²) in [5.41, 5.74) is 1.55. The van der Waals surface area contributed by atoms with Crippen LogP contribution in [0.1, 0.15) is 31.0 Å². The van der Waals surface area contributed by atoms with Crippen LogP contribution in [-0.2, 0) is 0 Å². The van der Waals surface area contributed by atoms with E-state index < -0.39 is 0 Å². The Morgan fingerprint density at radius 2 is 2.40 bits per heavy atom. The second kappa shape index (κ2) is 4.19. The summed E-state index contributed by atoms with van der Waals surface area (Å²) in [6.07, 6.45) is 2.74. The smallest absolute Gasteiger partial charge is 0.127 e. The quantitative estimate of drug-likeness (QED) is 0.850. The molecule has 0 saturated heterocycles. The second-order valence-electron chi connectivity index (χ2n) is 4.28. The molecule has 80 valence electrons. The van der Waals surface area contributed by atoms with Crippen molar-refractivity contribution in [2.24, 2.45) is 11.8 Å². The summed E-state index contributed by atoms with van der Waals surface area (Å²) in [6.45, 7) is 5.11. The fourth-order valence-corrected chi connectivity index (χ4v) is 2.46. The van der Waals surface area contributed by atoms with Gasteiger partial charge in [-0.05, 0) is 43.1 Å². The Morgan fingerprint density at radius 1 is 1.67 bits per heavy atom. The number of hydrogen-bond donors (Lipinski definition) is 1. The van der Waals surface area contributed by atoms with Crippen molar-refractivity contribution < 1.29 is 0 Å². The number of nitrogens with one attached hydrogen (secondary N) is 1. The summed E-state index contributed by atoms with van der Waals surface area (Å²) in [5, 5.41) is 13.2. The minimum Gasteiger partial charge on any atom is -0.374 e. The normalized spacial score (nSPS) is 17.1. The minimum absolute atomic E-state index is 0.707. The Morgan fingerprint density at radius 3 is 3.00 bits per heavy atom. The topological polar surface area (TPSA) is 48.7 Å². The summed E-state index contributed by atoms with van der Waals surface area (Å²) in [5.74, 6) is 1.61. The number of anilines is 1. The molecule has 0 amide bonds. The second-order valence-corrected chi connectivity index (χ2v) is 5.05. The van der Waals surface area contributed by atoms with Gasteiger partial charge in [0.2, 0.25) is 0 Å². The molecule has 0 radical (unpaired) electrons. The number of nitriles is 1. The third-order valence-corrected chi connectivity index (χ3v) is 3.88. The molecule has 0 aromatic carbocycles. The summed E-state index contributed by atoms with van der Waals surface area (Å²) in [4.78, 5) is 0. The molecule has 1 aromatic heterocycles. The van der Waals surface area contributed by atoms with Gasteiger partial charge in [0.05, 0.1) is 5.69 Å². The van der Waals surface area contributed by atoms with E-state index in [0.29, 0.717) is 11.5 Å². The predicted octanol–water partition coefficient (Wildman–Crippen LogP) is 2.78. The van der Waals surface area contributed by atoms with Crippen LogP contribution in [0.3, 0.4) is 0 Å². The monoisotopic (exact) mass is 221 g/mol. The highest BCUT2D eigenvalue weighted by molar-refractivity contribution is 7.10. The Labute approximate surface area is 94.3 Å². The van der Waals surface area contributed by atoms with Gasteiger partial charge in [-0.2, -0.15) is 9.64 Å². The van der Waals surface area contributed by atoms with Crippen LogP contribution in [0.5, 0.6) is 0 Å². The SMILES string of the molecule is Cc1nsc(NCC(C)C2CC2)c1C#N. The number of hydrogen-bond acceptors (Lipinski definition) is 4. The lowest BCUT2D eigenvalue weighted by molar-refractivity contribution is 0.537. The van der Waals surface area contributed by atoms with Crippen molar-refractivity contribution in [3.05, 3.63) is 11.3 Å². The number of rotatable bonds is 4. The first-order chi connectivity index (χ1) is 7.22. The van der Waals surface area contributed by atoms with E-state index in [0.717, 1.165) is 23.2 Å². The highest BCUT2D eigenvalue weighted by Crippen LogP contribution is 2.36. The van der Waals surface area contributed by atoms with E-state index in [2.05, 4.69) is 22.7 Å². The van der Waals surface area contributed by atoms with Crippen molar-refractivity contribution in [2.45, 2.75) is 26.7 Å². The Balaban J connectivity index is 1.95. The maximum Gasteiger partial charge on any atom is 0.127 e. The molecular weight excluding hydrogens is 206 g/mol. The number of nitrogens with zero attached hydrogens (tertiary/aromatic N) is 2. The van der Waals surface area contributed by atoms with E-state index in [1.54, 1.807) is 0 Å². The highest BCUT2D eigenvalue weighted by atomic mass is 32.1. The van der Waals surface area contributed by atoms with Gasteiger partial charge in [-0.3, -0.25) is 0 Å². The van der Waals surface area contributed by atoms with Crippen LogP contribution >= 0.6 is 11.5 Å². The molecule has 2 rings (SSSR count). The van der Waals surface area contributed by atoms with Gasteiger partial charge in [0.25, 0.3) is 0 Å². The lowest BCUT2D eigenvalue weighted by Gasteiger charge is -2.10. The van der Waals surface area contributed by atoms with Gasteiger partial charge < -0.3 is 5.32 Å². The summed E-state index contributed by atoms with van der Waals surface area (Å²) in [7, 11) is 0. The average Bonchev–Trinajstić information content (AvgIpc) is 3.00. The number of aromatic nitrogens is 1. The first kappa shape index (κ1) is 10.4. The summed E-state index contributed by atoms with van der Waals surface area (Å²) >= 11 is 1.39. The summed E-state index contributed by atoms with van der Waals surface area (Å²) in [6, 6.07) is 2.20. The zero-order valence-electron chi connectivity index (χ0n) is 9.08. The molecule has 3 nitrogen and oxygen atoms in total. The lowest BCUT2D eigenvalue weighted by atomic mass is 10.1.